The number of rotatable bonds is 6. The molecule has 2 atom stereocenters. The number of benzene rings is 2. The average Bonchev–Trinajstić information content (AvgIpc) is 2.91. The first-order chi connectivity index (χ1) is 14.9. The number of nitrogens with zero attached hydrogens (tertiary/aromatic N) is 1. The molecule has 0 aliphatic carbocycles. The SMILES string of the molecule is COC(=O)[C@H]1C[C@@H](/C=C/c2ccccc2OC)c2c(OC)cc(OC)cc2N(C)C1=O. The van der Waals surface area contributed by atoms with E-state index in [2.05, 4.69) is 0 Å². The van der Waals surface area contributed by atoms with E-state index in [1.807, 2.05) is 36.4 Å². The Morgan fingerprint density at radius 1 is 1.03 bits per heavy atom. The summed E-state index contributed by atoms with van der Waals surface area (Å²) in [5.41, 5.74) is 2.32. The summed E-state index contributed by atoms with van der Waals surface area (Å²) in [7, 11) is 7.67. The predicted molar refractivity (Wildman–Crippen MR) is 118 cm³/mol. The van der Waals surface area contributed by atoms with Gasteiger partial charge < -0.3 is 23.8 Å². The molecule has 0 spiro atoms. The maximum Gasteiger partial charge on any atom is 0.318 e. The lowest BCUT2D eigenvalue weighted by Gasteiger charge is -2.23. The minimum absolute atomic E-state index is 0.247. The number of anilines is 1. The Hall–Kier alpha value is -3.48. The van der Waals surface area contributed by atoms with Crippen molar-refractivity contribution in [1.82, 2.24) is 0 Å². The van der Waals surface area contributed by atoms with Crippen molar-refractivity contribution >= 4 is 23.6 Å². The third kappa shape index (κ3) is 4.35. The van der Waals surface area contributed by atoms with Crippen LogP contribution in [0.3, 0.4) is 0 Å². The largest absolute Gasteiger partial charge is 0.497 e. The molecule has 2 aromatic carbocycles. The molecule has 7 nitrogen and oxygen atoms in total. The van der Waals surface area contributed by atoms with E-state index in [1.54, 1.807) is 40.5 Å². The molecule has 31 heavy (non-hydrogen) atoms. The standard InChI is InChI=1S/C24H27NO6/c1-25-19-13-17(28-2)14-21(30-4)22(19)16(12-18(23(25)26)24(27)31-5)11-10-15-8-6-7-9-20(15)29-3/h6-11,13-14,16,18H,12H2,1-5H3/b11-10+/t16-,18+/m1/s1. The van der Waals surface area contributed by atoms with Crippen LogP contribution in [-0.4, -0.2) is 47.4 Å². The van der Waals surface area contributed by atoms with Gasteiger partial charge in [0.2, 0.25) is 5.91 Å². The molecule has 1 aliphatic heterocycles. The van der Waals surface area contributed by atoms with Crippen molar-refractivity contribution in [3.63, 3.8) is 0 Å². The number of amides is 1. The summed E-state index contributed by atoms with van der Waals surface area (Å²) in [6.45, 7) is 0. The predicted octanol–water partition coefficient (Wildman–Crippen LogP) is 3.67. The highest BCUT2D eigenvalue weighted by atomic mass is 16.5. The quantitative estimate of drug-likeness (QED) is 0.519. The van der Waals surface area contributed by atoms with Gasteiger partial charge in [0.25, 0.3) is 0 Å². The van der Waals surface area contributed by atoms with Gasteiger partial charge in [-0.2, -0.15) is 0 Å². The molecule has 164 valence electrons. The number of carbonyl (C=O) groups is 2. The van der Waals surface area contributed by atoms with E-state index in [1.165, 1.54) is 12.0 Å². The molecular weight excluding hydrogens is 398 g/mol. The molecule has 0 aromatic heterocycles. The zero-order valence-electron chi connectivity index (χ0n) is 18.4. The highest BCUT2D eigenvalue weighted by Crippen LogP contribution is 2.45. The molecule has 1 aliphatic rings. The summed E-state index contributed by atoms with van der Waals surface area (Å²) >= 11 is 0. The fourth-order valence-electron chi connectivity index (χ4n) is 3.89. The Balaban J connectivity index is 2.17. The molecule has 7 heteroatoms. The Labute approximate surface area is 182 Å². The van der Waals surface area contributed by atoms with Crippen molar-refractivity contribution in [2.24, 2.45) is 5.92 Å². The number of esters is 1. The van der Waals surface area contributed by atoms with E-state index in [0.29, 0.717) is 17.2 Å². The van der Waals surface area contributed by atoms with Gasteiger partial charge in [0.15, 0.2) is 0 Å². The summed E-state index contributed by atoms with van der Waals surface area (Å²) in [6, 6.07) is 11.2. The van der Waals surface area contributed by atoms with E-state index >= 15 is 0 Å². The van der Waals surface area contributed by atoms with Crippen LogP contribution in [0, 0.1) is 5.92 Å². The van der Waals surface area contributed by atoms with Crippen LogP contribution >= 0.6 is 0 Å². The van der Waals surface area contributed by atoms with Crippen LogP contribution in [0.4, 0.5) is 5.69 Å². The van der Waals surface area contributed by atoms with Gasteiger partial charge in [-0.3, -0.25) is 9.59 Å². The van der Waals surface area contributed by atoms with E-state index in [4.69, 9.17) is 18.9 Å². The van der Waals surface area contributed by atoms with Crippen LogP contribution in [-0.2, 0) is 14.3 Å². The molecule has 0 saturated carbocycles. The minimum Gasteiger partial charge on any atom is -0.497 e. The third-order valence-corrected chi connectivity index (χ3v) is 5.53. The average molecular weight is 425 g/mol. The topological polar surface area (TPSA) is 74.3 Å². The summed E-state index contributed by atoms with van der Waals surface area (Å²) in [5.74, 6) is -0.271. The second kappa shape index (κ2) is 9.55. The summed E-state index contributed by atoms with van der Waals surface area (Å²) < 4.78 is 21.4. The summed E-state index contributed by atoms with van der Waals surface area (Å²) in [5, 5.41) is 0. The molecule has 1 amide bonds. The summed E-state index contributed by atoms with van der Waals surface area (Å²) in [6.07, 6.45) is 4.15. The molecule has 2 aromatic rings. The van der Waals surface area contributed by atoms with E-state index in [0.717, 1.165) is 16.9 Å². The first-order valence-corrected chi connectivity index (χ1v) is 9.87. The van der Waals surface area contributed by atoms with Crippen molar-refractivity contribution in [2.45, 2.75) is 12.3 Å². The normalized spacial score (nSPS) is 18.4. The van der Waals surface area contributed by atoms with E-state index in [9.17, 15) is 9.59 Å². The second-order valence-electron chi connectivity index (χ2n) is 7.18. The van der Waals surface area contributed by atoms with Gasteiger partial charge in [0.05, 0.1) is 34.1 Å². The van der Waals surface area contributed by atoms with E-state index in [-0.39, 0.29) is 18.2 Å². The lowest BCUT2D eigenvalue weighted by atomic mass is 9.87. The number of para-hydroxylation sites is 1. The zero-order valence-corrected chi connectivity index (χ0v) is 18.4. The van der Waals surface area contributed by atoms with Crippen molar-refractivity contribution in [1.29, 1.82) is 0 Å². The Morgan fingerprint density at radius 3 is 2.39 bits per heavy atom. The van der Waals surface area contributed by atoms with Gasteiger partial charge in [-0.1, -0.05) is 30.4 Å². The van der Waals surface area contributed by atoms with Crippen molar-refractivity contribution in [3.8, 4) is 17.2 Å². The molecule has 0 saturated heterocycles. The Bertz CT molecular complexity index is 1000. The van der Waals surface area contributed by atoms with Gasteiger partial charge in [-0.25, -0.2) is 0 Å². The van der Waals surface area contributed by atoms with Crippen molar-refractivity contribution in [3.05, 3.63) is 53.6 Å². The van der Waals surface area contributed by atoms with Crippen LogP contribution < -0.4 is 19.1 Å². The molecule has 0 fully saturated rings. The van der Waals surface area contributed by atoms with Gasteiger partial charge in [0, 0.05) is 36.2 Å². The fourth-order valence-corrected chi connectivity index (χ4v) is 3.89. The number of allylic oxidation sites excluding steroid dienone is 1. The van der Waals surface area contributed by atoms with Gasteiger partial charge in [-0.15, -0.1) is 0 Å². The lowest BCUT2D eigenvalue weighted by molar-refractivity contribution is -0.149. The molecular formula is C24H27NO6. The molecule has 0 N–H and O–H groups in total. The van der Waals surface area contributed by atoms with Crippen LogP contribution in [0.2, 0.25) is 0 Å². The number of methoxy groups -OCH3 is 4. The first kappa shape index (κ1) is 22.2. The smallest absolute Gasteiger partial charge is 0.318 e. The van der Waals surface area contributed by atoms with Gasteiger partial charge in [-0.05, 0) is 12.5 Å². The monoisotopic (exact) mass is 425 g/mol. The van der Waals surface area contributed by atoms with Crippen molar-refractivity contribution in [2.75, 3.05) is 40.4 Å². The molecule has 0 unspecified atom stereocenters. The maximum atomic E-state index is 13.1. The number of fused-ring (bicyclic) bond motifs is 1. The maximum absolute atomic E-state index is 13.1. The Kier molecular flexibility index (Phi) is 6.84. The zero-order chi connectivity index (χ0) is 22.5. The third-order valence-electron chi connectivity index (χ3n) is 5.53. The summed E-state index contributed by atoms with van der Waals surface area (Å²) in [4.78, 5) is 27.1. The molecule has 1 heterocycles. The number of carbonyl (C=O) groups excluding carboxylic acids is 2. The van der Waals surface area contributed by atoms with Crippen LogP contribution in [0.1, 0.15) is 23.5 Å². The van der Waals surface area contributed by atoms with Crippen LogP contribution in [0.15, 0.2) is 42.5 Å². The Morgan fingerprint density at radius 2 is 1.74 bits per heavy atom. The lowest BCUT2D eigenvalue weighted by Crippen LogP contribution is -2.36. The molecule has 0 radical (unpaired) electrons. The van der Waals surface area contributed by atoms with Gasteiger partial charge in [0.1, 0.15) is 23.2 Å². The minimum atomic E-state index is -0.939. The number of ether oxygens (including phenoxy) is 4. The fraction of sp³-hybridized carbons (Fsp3) is 0.333. The first-order valence-electron chi connectivity index (χ1n) is 9.87. The van der Waals surface area contributed by atoms with Gasteiger partial charge >= 0.3 is 5.97 Å². The molecule has 0 bridgehead atoms. The highest BCUT2D eigenvalue weighted by Gasteiger charge is 2.39. The highest BCUT2D eigenvalue weighted by molar-refractivity contribution is 6.07. The van der Waals surface area contributed by atoms with Crippen LogP contribution in [0.25, 0.3) is 6.08 Å². The number of hydrogen-bond acceptors (Lipinski definition) is 6. The second-order valence-corrected chi connectivity index (χ2v) is 7.18. The van der Waals surface area contributed by atoms with Crippen LogP contribution in [0.5, 0.6) is 17.2 Å². The number of hydrogen-bond donors (Lipinski definition) is 0. The molecule has 3 rings (SSSR count). The van der Waals surface area contributed by atoms with Crippen molar-refractivity contribution < 1.29 is 28.5 Å². The van der Waals surface area contributed by atoms with E-state index < -0.39 is 11.9 Å².